The summed E-state index contributed by atoms with van der Waals surface area (Å²) in [6.45, 7) is 0.613. The Labute approximate surface area is 169 Å². The molecule has 0 aromatic heterocycles. The van der Waals surface area contributed by atoms with Crippen molar-refractivity contribution in [2.45, 2.75) is 24.2 Å². The van der Waals surface area contributed by atoms with E-state index in [2.05, 4.69) is 0 Å². The Morgan fingerprint density at radius 2 is 1.69 bits per heavy atom. The minimum atomic E-state index is -3.61. The molecule has 1 unspecified atom stereocenters. The second-order valence-corrected chi connectivity index (χ2v) is 8.79. The van der Waals surface area contributed by atoms with Crippen LogP contribution >= 0.6 is 0 Å². The van der Waals surface area contributed by atoms with Gasteiger partial charge in [-0.2, -0.15) is 4.31 Å². The molecule has 3 rings (SSSR count). The Morgan fingerprint density at radius 3 is 2.34 bits per heavy atom. The van der Waals surface area contributed by atoms with Gasteiger partial charge < -0.3 is 4.84 Å². The molecule has 1 aliphatic heterocycles. The molecule has 1 aliphatic rings. The molecule has 0 aliphatic carbocycles. The number of nitrogens with zero attached hydrogens (tertiary/aromatic N) is 2. The van der Waals surface area contributed by atoms with E-state index in [1.807, 2.05) is 0 Å². The van der Waals surface area contributed by atoms with Gasteiger partial charge in [-0.1, -0.05) is 41.6 Å². The van der Waals surface area contributed by atoms with Gasteiger partial charge in [-0.05, 0) is 43.0 Å². The normalized spacial score (nSPS) is 17.5. The van der Waals surface area contributed by atoms with E-state index < -0.39 is 21.9 Å². The lowest BCUT2D eigenvalue weighted by Crippen LogP contribution is -2.42. The molecule has 1 saturated heterocycles. The average Bonchev–Trinajstić information content (AvgIpc) is 2.74. The maximum atomic E-state index is 12.8. The van der Waals surface area contributed by atoms with Crippen molar-refractivity contribution >= 4 is 21.9 Å². The summed E-state index contributed by atoms with van der Waals surface area (Å²) in [7, 11) is -3.61. The molecule has 2 aromatic rings. The standard InChI is InChI=1S/C20H23N3O5S/c21-23(20(25)17-9-3-1-4-10-17)28-19(24)14-16-8-7-13-22(15-16)29(26,27)18-11-5-2-6-12-18/h1-6,9-12,16H,7-8,13-15,21H2. The largest absolute Gasteiger partial charge is 0.334 e. The predicted molar refractivity (Wildman–Crippen MR) is 105 cm³/mol. The van der Waals surface area contributed by atoms with Crippen molar-refractivity contribution in [3.05, 3.63) is 66.2 Å². The molecule has 0 saturated carbocycles. The van der Waals surface area contributed by atoms with Crippen molar-refractivity contribution in [1.29, 1.82) is 0 Å². The number of hydrogen-bond donors (Lipinski definition) is 1. The molecule has 154 valence electrons. The minimum absolute atomic E-state index is 0.0312. The molecule has 29 heavy (non-hydrogen) atoms. The molecule has 9 heteroatoms. The van der Waals surface area contributed by atoms with E-state index >= 15 is 0 Å². The fourth-order valence-corrected chi connectivity index (χ4v) is 4.86. The number of sulfonamides is 1. The van der Waals surface area contributed by atoms with E-state index in [1.165, 1.54) is 4.31 Å². The van der Waals surface area contributed by atoms with Gasteiger partial charge in [-0.25, -0.2) is 19.1 Å². The smallest absolute Gasteiger partial charge is 0.322 e. The summed E-state index contributed by atoms with van der Waals surface area (Å²) in [4.78, 5) is 29.5. The maximum Gasteiger partial charge on any atom is 0.334 e. The maximum absolute atomic E-state index is 12.8. The first kappa shape index (κ1) is 21.0. The number of amides is 1. The van der Waals surface area contributed by atoms with Crippen LogP contribution in [0.3, 0.4) is 0 Å². The van der Waals surface area contributed by atoms with Crippen LogP contribution in [-0.4, -0.2) is 42.9 Å². The van der Waals surface area contributed by atoms with Crippen molar-refractivity contribution in [2.75, 3.05) is 13.1 Å². The second kappa shape index (κ2) is 9.17. The summed E-state index contributed by atoms with van der Waals surface area (Å²) in [6, 6.07) is 16.4. The van der Waals surface area contributed by atoms with Crippen LogP contribution in [0, 0.1) is 5.92 Å². The van der Waals surface area contributed by atoms with Gasteiger partial charge in [0.15, 0.2) is 0 Å². The predicted octanol–water partition coefficient (Wildman–Crippen LogP) is 1.95. The number of piperidine rings is 1. The molecule has 2 aromatic carbocycles. The first-order valence-electron chi connectivity index (χ1n) is 9.28. The molecule has 1 fully saturated rings. The number of hydroxylamine groups is 1. The van der Waals surface area contributed by atoms with E-state index in [-0.39, 0.29) is 23.8 Å². The molecule has 1 atom stereocenters. The zero-order valence-electron chi connectivity index (χ0n) is 15.8. The molecule has 2 N–H and O–H groups in total. The number of benzene rings is 2. The highest BCUT2D eigenvalue weighted by atomic mass is 32.2. The van der Waals surface area contributed by atoms with Gasteiger partial charge in [0.25, 0.3) is 0 Å². The lowest BCUT2D eigenvalue weighted by Gasteiger charge is -2.31. The van der Waals surface area contributed by atoms with Crippen LogP contribution < -0.4 is 5.84 Å². The molecular weight excluding hydrogens is 394 g/mol. The van der Waals surface area contributed by atoms with Crippen LogP contribution in [0.15, 0.2) is 65.6 Å². The Balaban J connectivity index is 1.57. The van der Waals surface area contributed by atoms with Crippen molar-refractivity contribution in [3.8, 4) is 0 Å². The number of hydrazine groups is 1. The van der Waals surface area contributed by atoms with Gasteiger partial charge in [-0.15, -0.1) is 0 Å². The molecule has 1 amide bonds. The number of carbonyl (C=O) groups excluding carboxylic acids is 2. The van der Waals surface area contributed by atoms with Crippen LogP contribution in [0.25, 0.3) is 0 Å². The highest BCUT2D eigenvalue weighted by molar-refractivity contribution is 7.89. The van der Waals surface area contributed by atoms with Crippen molar-refractivity contribution < 1.29 is 22.8 Å². The third-order valence-corrected chi connectivity index (χ3v) is 6.62. The average molecular weight is 417 g/mol. The Bertz CT molecular complexity index is 951. The van der Waals surface area contributed by atoms with Crippen LogP contribution in [0.4, 0.5) is 0 Å². The van der Waals surface area contributed by atoms with Gasteiger partial charge in [0, 0.05) is 18.7 Å². The first-order chi connectivity index (χ1) is 13.9. The second-order valence-electron chi connectivity index (χ2n) is 6.85. The Kier molecular flexibility index (Phi) is 6.63. The summed E-state index contributed by atoms with van der Waals surface area (Å²) in [6.07, 6.45) is 1.29. The van der Waals surface area contributed by atoms with Crippen LogP contribution in [0.5, 0.6) is 0 Å². The van der Waals surface area contributed by atoms with Crippen LogP contribution in [0.1, 0.15) is 29.6 Å². The van der Waals surface area contributed by atoms with Crippen LogP contribution in [0.2, 0.25) is 0 Å². The molecule has 0 spiro atoms. The van der Waals surface area contributed by atoms with Gasteiger partial charge >= 0.3 is 11.9 Å². The molecule has 0 radical (unpaired) electrons. The van der Waals surface area contributed by atoms with Crippen molar-refractivity contribution in [2.24, 2.45) is 11.8 Å². The lowest BCUT2D eigenvalue weighted by atomic mass is 9.96. The SMILES string of the molecule is NN(OC(=O)CC1CCCN(S(=O)(=O)c2ccccc2)C1)C(=O)c1ccccc1. The topological polar surface area (TPSA) is 110 Å². The van der Waals surface area contributed by atoms with E-state index in [1.54, 1.807) is 60.7 Å². The third-order valence-electron chi connectivity index (χ3n) is 4.74. The zero-order valence-corrected chi connectivity index (χ0v) is 16.6. The minimum Gasteiger partial charge on any atom is -0.322 e. The fraction of sp³-hybridized carbons (Fsp3) is 0.300. The number of rotatable bonds is 5. The number of nitrogens with two attached hydrogens (primary N) is 1. The molecular formula is C20H23N3O5S. The van der Waals surface area contributed by atoms with E-state index in [9.17, 15) is 18.0 Å². The molecule has 1 heterocycles. The van der Waals surface area contributed by atoms with Gasteiger partial charge in [0.1, 0.15) is 0 Å². The summed E-state index contributed by atoms with van der Waals surface area (Å²) in [5.74, 6) is 4.03. The summed E-state index contributed by atoms with van der Waals surface area (Å²) in [5, 5.41) is 0.416. The van der Waals surface area contributed by atoms with Crippen LogP contribution in [-0.2, 0) is 19.7 Å². The number of hydrogen-bond acceptors (Lipinski definition) is 6. The first-order valence-corrected chi connectivity index (χ1v) is 10.7. The quantitative estimate of drug-likeness (QED) is 0.452. The van der Waals surface area contributed by atoms with Crippen molar-refractivity contribution in [3.63, 3.8) is 0 Å². The van der Waals surface area contributed by atoms with Crippen molar-refractivity contribution in [1.82, 2.24) is 9.48 Å². The Hall–Kier alpha value is -2.75. The van der Waals surface area contributed by atoms with E-state index in [0.717, 1.165) is 0 Å². The summed E-state index contributed by atoms with van der Waals surface area (Å²) in [5.41, 5.74) is 0.292. The highest BCUT2D eigenvalue weighted by Gasteiger charge is 2.32. The third kappa shape index (κ3) is 5.20. The summed E-state index contributed by atoms with van der Waals surface area (Å²) < 4.78 is 26.9. The highest BCUT2D eigenvalue weighted by Crippen LogP contribution is 2.25. The van der Waals surface area contributed by atoms with Gasteiger partial charge in [-0.3, -0.25) is 4.79 Å². The zero-order chi connectivity index (χ0) is 20.9. The summed E-state index contributed by atoms with van der Waals surface area (Å²) >= 11 is 0. The molecule has 0 bridgehead atoms. The van der Waals surface area contributed by atoms with Gasteiger partial charge in [0.2, 0.25) is 10.0 Å². The van der Waals surface area contributed by atoms with E-state index in [4.69, 9.17) is 10.7 Å². The van der Waals surface area contributed by atoms with Gasteiger partial charge in [0.05, 0.1) is 11.3 Å². The Morgan fingerprint density at radius 1 is 1.07 bits per heavy atom. The molecule has 8 nitrogen and oxygen atoms in total. The van der Waals surface area contributed by atoms with E-state index in [0.29, 0.717) is 30.1 Å². The fourth-order valence-electron chi connectivity index (χ4n) is 3.29. The number of carbonyl (C=O) groups is 2. The lowest BCUT2D eigenvalue weighted by molar-refractivity contribution is -0.180. The monoisotopic (exact) mass is 417 g/mol.